The molecule has 1 amide bonds. The first-order chi connectivity index (χ1) is 9.63. The van der Waals surface area contributed by atoms with Crippen LogP contribution in [0.5, 0.6) is 0 Å². The molecule has 1 aromatic carbocycles. The van der Waals surface area contributed by atoms with Gasteiger partial charge in [0.2, 0.25) is 5.91 Å². The Morgan fingerprint density at radius 1 is 1.15 bits per heavy atom. The van der Waals surface area contributed by atoms with Gasteiger partial charge in [-0.2, -0.15) is 0 Å². The lowest BCUT2D eigenvalue weighted by Crippen LogP contribution is -2.23. The smallest absolute Gasteiger partial charge is 0.220 e. The van der Waals surface area contributed by atoms with Crippen LogP contribution in [0.1, 0.15) is 28.9 Å². The maximum atomic E-state index is 11.8. The summed E-state index contributed by atoms with van der Waals surface area (Å²) >= 11 is 0. The van der Waals surface area contributed by atoms with E-state index in [0.717, 1.165) is 17.8 Å². The maximum Gasteiger partial charge on any atom is 0.220 e. The molecule has 2 rings (SSSR count). The van der Waals surface area contributed by atoms with Gasteiger partial charge in [0.25, 0.3) is 0 Å². The van der Waals surface area contributed by atoms with E-state index in [-0.39, 0.29) is 5.91 Å². The van der Waals surface area contributed by atoms with Crippen LogP contribution in [0.25, 0.3) is 0 Å². The molecule has 3 heteroatoms. The standard InChI is InChI=1S/C17H20N2O/c1-13-5-3-7-15(11-13)9-10-17(20)18-12-16-8-4-6-14(2)19-16/h3-8,11H,9-10,12H2,1-2H3,(H,18,20). The number of carbonyl (C=O) groups excluding carboxylic acids is 1. The monoisotopic (exact) mass is 268 g/mol. The van der Waals surface area contributed by atoms with Gasteiger partial charge in [-0.3, -0.25) is 9.78 Å². The maximum absolute atomic E-state index is 11.8. The minimum atomic E-state index is 0.0646. The highest BCUT2D eigenvalue weighted by Crippen LogP contribution is 2.06. The number of pyridine rings is 1. The van der Waals surface area contributed by atoms with E-state index in [2.05, 4.69) is 35.4 Å². The molecule has 0 aliphatic heterocycles. The number of aryl methyl sites for hydroxylation is 3. The molecule has 1 N–H and O–H groups in total. The number of benzene rings is 1. The third-order valence-corrected chi connectivity index (χ3v) is 3.14. The predicted molar refractivity (Wildman–Crippen MR) is 80.3 cm³/mol. The minimum absolute atomic E-state index is 0.0646. The van der Waals surface area contributed by atoms with Gasteiger partial charge >= 0.3 is 0 Å². The van der Waals surface area contributed by atoms with Gasteiger partial charge in [-0.05, 0) is 38.0 Å². The van der Waals surface area contributed by atoms with Crippen molar-refractivity contribution in [1.29, 1.82) is 0 Å². The predicted octanol–water partition coefficient (Wildman–Crippen LogP) is 2.95. The molecule has 0 saturated carbocycles. The Balaban J connectivity index is 1.78. The second-order valence-electron chi connectivity index (χ2n) is 5.04. The number of hydrogen-bond donors (Lipinski definition) is 1. The molecule has 0 saturated heterocycles. The van der Waals surface area contributed by atoms with E-state index in [9.17, 15) is 4.79 Å². The molecular formula is C17H20N2O. The number of aromatic nitrogens is 1. The Bertz CT molecular complexity index is 542. The highest BCUT2D eigenvalue weighted by Gasteiger charge is 2.03. The van der Waals surface area contributed by atoms with Crippen molar-refractivity contribution >= 4 is 5.91 Å². The highest BCUT2D eigenvalue weighted by atomic mass is 16.1. The number of nitrogens with one attached hydrogen (secondary N) is 1. The average molecular weight is 268 g/mol. The number of nitrogens with zero attached hydrogens (tertiary/aromatic N) is 1. The molecule has 0 spiro atoms. The van der Waals surface area contributed by atoms with Gasteiger partial charge in [0.15, 0.2) is 0 Å². The molecule has 20 heavy (non-hydrogen) atoms. The fraction of sp³-hybridized carbons (Fsp3) is 0.294. The van der Waals surface area contributed by atoms with Crippen molar-refractivity contribution in [1.82, 2.24) is 10.3 Å². The molecule has 104 valence electrons. The number of rotatable bonds is 5. The Kier molecular flexibility index (Phi) is 4.88. The van der Waals surface area contributed by atoms with Crippen LogP contribution in [0, 0.1) is 13.8 Å². The van der Waals surface area contributed by atoms with Crippen LogP contribution in [-0.4, -0.2) is 10.9 Å². The Morgan fingerprint density at radius 2 is 1.95 bits per heavy atom. The lowest BCUT2D eigenvalue weighted by molar-refractivity contribution is -0.121. The number of amides is 1. The zero-order valence-electron chi connectivity index (χ0n) is 12.0. The third kappa shape index (κ3) is 4.50. The molecule has 1 heterocycles. The molecule has 0 unspecified atom stereocenters. The summed E-state index contributed by atoms with van der Waals surface area (Å²) in [5, 5.41) is 2.91. The molecule has 0 aliphatic carbocycles. The molecule has 2 aromatic rings. The van der Waals surface area contributed by atoms with Crippen LogP contribution < -0.4 is 5.32 Å². The van der Waals surface area contributed by atoms with Crippen molar-refractivity contribution in [2.45, 2.75) is 33.2 Å². The van der Waals surface area contributed by atoms with E-state index >= 15 is 0 Å². The third-order valence-electron chi connectivity index (χ3n) is 3.14. The fourth-order valence-electron chi connectivity index (χ4n) is 2.10. The molecule has 0 fully saturated rings. The van der Waals surface area contributed by atoms with Gasteiger partial charge in [-0.1, -0.05) is 35.9 Å². The molecule has 1 aromatic heterocycles. The van der Waals surface area contributed by atoms with E-state index in [0.29, 0.717) is 13.0 Å². The highest BCUT2D eigenvalue weighted by molar-refractivity contribution is 5.76. The first kappa shape index (κ1) is 14.3. The summed E-state index contributed by atoms with van der Waals surface area (Å²) < 4.78 is 0. The van der Waals surface area contributed by atoms with Crippen LogP contribution >= 0.6 is 0 Å². The van der Waals surface area contributed by atoms with E-state index < -0.39 is 0 Å². The SMILES string of the molecule is Cc1cccc(CCC(=O)NCc2cccc(C)n2)c1. The second kappa shape index (κ2) is 6.85. The molecule has 3 nitrogen and oxygen atoms in total. The van der Waals surface area contributed by atoms with Crippen molar-refractivity contribution < 1.29 is 4.79 Å². The van der Waals surface area contributed by atoms with Gasteiger partial charge in [-0.25, -0.2) is 0 Å². The van der Waals surface area contributed by atoms with Crippen molar-refractivity contribution in [3.8, 4) is 0 Å². The minimum Gasteiger partial charge on any atom is -0.350 e. The van der Waals surface area contributed by atoms with Crippen LogP contribution in [0.3, 0.4) is 0 Å². The van der Waals surface area contributed by atoms with Gasteiger partial charge < -0.3 is 5.32 Å². The topological polar surface area (TPSA) is 42.0 Å². The average Bonchev–Trinajstić information content (AvgIpc) is 2.43. The first-order valence-electron chi connectivity index (χ1n) is 6.88. The summed E-state index contributed by atoms with van der Waals surface area (Å²) in [5.41, 5.74) is 4.30. The van der Waals surface area contributed by atoms with Crippen LogP contribution in [0.15, 0.2) is 42.5 Å². The lowest BCUT2D eigenvalue weighted by atomic mass is 10.1. The quantitative estimate of drug-likeness (QED) is 0.906. The van der Waals surface area contributed by atoms with Crippen LogP contribution in [0.4, 0.5) is 0 Å². The van der Waals surface area contributed by atoms with Crippen LogP contribution in [-0.2, 0) is 17.8 Å². The first-order valence-corrected chi connectivity index (χ1v) is 6.88. The van der Waals surface area contributed by atoms with Gasteiger partial charge in [0.05, 0.1) is 12.2 Å². The number of carbonyl (C=O) groups is 1. The van der Waals surface area contributed by atoms with E-state index in [1.165, 1.54) is 11.1 Å². The van der Waals surface area contributed by atoms with Crippen molar-refractivity contribution in [2.75, 3.05) is 0 Å². The van der Waals surface area contributed by atoms with Crippen molar-refractivity contribution in [3.05, 3.63) is 65.0 Å². The molecule has 0 atom stereocenters. The zero-order chi connectivity index (χ0) is 14.4. The van der Waals surface area contributed by atoms with E-state index in [1.807, 2.05) is 31.2 Å². The normalized spacial score (nSPS) is 10.3. The summed E-state index contributed by atoms with van der Waals surface area (Å²) in [7, 11) is 0. The molecular weight excluding hydrogens is 248 g/mol. The fourth-order valence-corrected chi connectivity index (χ4v) is 2.10. The second-order valence-corrected chi connectivity index (χ2v) is 5.04. The van der Waals surface area contributed by atoms with Crippen molar-refractivity contribution in [3.63, 3.8) is 0 Å². The number of hydrogen-bond acceptors (Lipinski definition) is 2. The summed E-state index contributed by atoms with van der Waals surface area (Å²) in [4.78, 5) is 16.2. The molecule has 0 aliphatic rings. The molecule has 0 bridgehead atoms. The Morgan fingerprint density at radius 3 is 2.70 bits per heavy atom. The van der Waals surface area contributed by atoms with Gasteiger partial charge in [0, 0.05) is 12.1 Å². The summed E-state index contributed by atoms with van der Waals surface area (Å²) in [6, 6.07) is 14.1. The lowest BCUT2D eigenvalue weighted by Gasteiger charge is -2.06. The van der Waals surface area contributed by atoms with Gasteiger partial charge in [0.1, 0.15) is 0 Å². The van der Waals surface area contributed by atoms with Gasteiger partial charge in [-0.15, -0.1) is 0 Å². The largest absolute Gasteiger partial charge is 0.350 e. The summed E-state index contributed by atoms with van der Waals surface area (Å²) in [5.74, 6) is 0.0646. The molecule has 0 radical (unpaired) electrons. The van der Waals surface area contributed by atoms with E-state index in [4.69, 9.17) is 0 Å². The Labute approximate surface area is 120 Å². The summed E-state index contributed by atoms with van der Waals surface area (Å²) in [6.45, 7) is 4.50. The van der Waals surface area contributed by atoms with E-state index in [1.54, 1.807) is 0 Å². The van der Waals surface area contributed by atoms with Crippen molar-refractivity contribution in [2.24, 2.45) is 0 Å². The zero-order valence-corrected chi connectivity index (χ0v) is 12.0. The Hall–Kier alpha value is -2.16. The summed E-state index contributed by atoms with van der Waals surface area (Å²) in [6.07, 6.45) is 1.28. The van der Waals surface area contributed by atoms with Crippen LogP contribution in [0.2, 0.25) is 0 Å².